The van der Waals surface area contributed by atoms with Crippen molar-refractivity contribution >= 4 is 40.8 Å². The number of halogens is 2. The number of amides is 1. The third kappa shape index (κ3) is 4.39. The normalized spacial score (nSPS) is 23.4. The summed E-state index contributed by atoms with van der Waals surface area (Å²) in [5.74, 6) is -0.584. The van der Waals surface area contributed by atoms with E-state index in [4.69, 9.17) is 23.2 Å². The van der Waals surface area contributed by atoms with Crippen molar-refractivity contribution in [1.82, 2.24) is 5.32 Å². The van der Waals surface area contributed by atoms with E-state index in [0.29, 0.717) is 33.6 Å². The molecular weight excluding hydrogens is 363 g/mol. The second kappa shape index (κ2) is 7.83. The molecule has 0 unspecified atom stereocenters. The zero-order chi connectivity index (χ0) is 18.0. The van der Waals surface area contributed by atoms with E-state index in [2.05, 4.69) is 10.6 Å². The second-order valence-corrected chi connectivity index (χ2v) is 7.79. The van der Waals surface area contributed by atoms with Crippen LogP contribution in [0.4, 0.5) is 5.69 Å². The van der Waals surface area contributed by atoms with Crippen molar-refractivity contribution in [2.75, 3.05) is 5.32 Å². The highest BCUT2D eigenvalue weighted by atomic mass is 35.5. The maximum absolute atomic E-state index is 12.5. The minimum atomic E-state index is -0.965. The van der Waals surface area contributed by atoms with Gasteiger partial charge in [-0.1, -0.05) is 42.5 Å². The van der Waals surface area contributed by atoms with Crippen LogP contribution in [0.15, 0.2) is 12.1 Å². The molecule has 5 nitrogen and oxygen atoms in total. The predicted molar refractivity (Wildman–Crippen MR) is 98.2 cm³/mol. The largest absolute Gasteiger partial charge is 0.480 e. The summed E-state index contributed by atoms with van der Waals surface area (Å²) in [7, 11) is 0. The Morgan fingerprint density at radius 1 is 1.20 bits per heavy atom. The lowest BCUT2D eigenvalue weighted by atomic mass is 9.86. The zero-order valence-electron chi connectivity index (χ0n) is 13.9. The molecule has 136 valence electrons. The Labute approximate surface area is 157 Å². The lowest BCUT2D eigenvalue weighted by molar-refractivity contribution is -0.138. The van der Waals surface area contributed by atoms with Crippen LogP contribution < -0.4 is 10.6 Å². The van der Waals surface area contributed by atoms with Crippen LogP contribution in [0.2, 0.25) is 10.0 Å². The van der Waals surface area contributed by atoms with E-state index in [1.807, 2.05) is 0 Å². The quantitative estimate of drug-likeness (QED) is 0.718. The molecule has 1 amide bonds. The number of nitrogens with one attached hydrogen (secondary N) is 2. The van der Waals surface area contributed by atoms with Gasteiger partial charge in [0.15, 0.2) is 0 Å². The summed E-state index contributed by atoms with van der Waals surface area (Å²) in [6, 6.07) is 2.05. The molecule has 0 spiro atoms. The molecule has 0 aromatic heterocycles. The van der Waals surface area contributed by atoms with E-state index >= 15 is 0 Å². The molecular formula is C18H22Cl2N2O3. The number of aliphatic carboxylic acids is 1. The van der Waals surface area contributed by atoms with Crippen molar-refractivity contribution < 1.29 is 14.7 Å². The maximum atomic E-state index is 12.5. The fraction of sp³-hybridized carbons (Fsp3) is 0.556. The maximum Gasteiger partial charge on any atom is 0.326 e. The number of carboxylic acids is 1. The van der Waals surface area contributed by atoms with E-state index in [1.165, 1.54) is 19.3 Å². The van der Waals surface area contributed by atoms with Crippen LogP contribution in [-0.4, -0.2) is 23.0 Å². The summed E-state index contributed by atoms with van der Waals surface area (Å²) >= 11 is 12.4. The Balaban J connectivity index is 1.77. The smallest absolute Gasteiger partial charge is 0.326 e. The molecule has 2 atom stereocenters. The predicted octanol–water partition coefficient (Wildman–Crippen LogP) is 4.39. The van der Waals surface area contributed by atoms with Gasteiger partial charge in [-0.05, 0) is 30.9 Å². The van der Waals surface area contributed by atoms with Gasteiger partial charge in [-0.15, -0.1) is 0 Å². The van der Waals surface area contributed by atoms with Gasteiger partial charge in [-0.2, -0.15) is 0 Å². The third-order valence-electron chi connectivity index (χ3n) is 5.08. The van der Waals surface area contributed by atoms with Gasteiger partial charge in [0.05, 0.1) is 6.04 Å². The fourth-order valence-electron chi connectivity index (χ4n) is 3.86. The summed E-state index contributed by atoms with van der Waals surface area (Å²) in [6.07, 6.45) is 6.52. The monoisotopic (exact) mass is 384 g/mol. The molecule has 1 heterocycles. The molecule has 2 aliphatic rings. The molecule has 1 aliphatic heterocycles. The molecule has 1 aromatic rings. The number of anilines is 1. The van der Waals surface area contributed by atoms with Gasteiger partial charge in [0.2, 0.25) is 5.91 Å². The van der Waals surface area contributed by atoms with Crippen LogP contribution in [0.3, 0.4) is 0 Å². The number of carbonyl (C=O) groups is 2. The lowest BCUT2D eigenvalue weighted by Gasteiger charge is -2.33. The number of carboxylic acid groups (broad SMARTS) is 1. The van der Waals surface area contributed by atoms with Crippen LogP contribution in [0.1, 0.15) is 56.6 Å². The molecule has 3 rings (SSSR count). The molecule has 1 fully saturated rings. The van der Waals surface area contributed by atoms with E-state index in [-0.39, 0.29) is 12.3 Å². The highest BCUT2D eigenvalue weighted by Crippen LogP contribution is 2.40. The van der Waals surface area contributed by atoms with Crippen LogP contribution in [0, 0.1) is 5.92 Å². The highest BCUT2D eigenvalue weighted by Gasteiger charge is 2.33. The number of hydrogen-bond acceptors (Lipinski definition) is 3. The van der Waals surface area contributed by atoms with Gasteiger partial charge in [-0.3, -0.25) is 4.79 Å². The van der Waals surface area contributed by atoms with Crippen LogP contribution >= 0.6 is 23.2 Å². The highest BCUT2D eigenvalue weighted by molar-refractivity contribution is 6.35. The van der Waals surface area contributed by atoms with Gasteiger partial charge in [0, 0.05) is 34.1 Å². The first-order valence-electron chi connectivity index (χ1n) is 8.71. The third-order valence-corrected chi connectivity index (χ3v) is 5.61. The number of fused-ring (bicyclic) bond motifs is 1. The van der Waals surface area contributed by atoms with Crippen molar-refractivity contribution in [1.29, 1.82) is 0 Å². The van der Waals surface area contributed by atoms with Gasteiger partial charge in [0.25, 0.3) is 0 Å². The van der Waals surface area contributed by atoms with Gasteiger partial charge in [0.1, 0.15) is 6.04 Å². The van der Waals surface area contributed by atoms with Crippen LogP contribution in [0.5, 0.6) is 0 Å². The van der Waals surface area contributed by atoms with Crippen molar-refractivity contribution in [3.63, 3.8) is 0 Å². The number of carbonyl (C=O) groups excluding carboxylic acids is 1. The Morgan fingerprint density at radius 2 is 1.92 bits per heavy atom. The van der Waals surface area contributed by atoms with E-state index in [0.717, 1.165) is 12.8 Å². The Hall–Kier alpha value is -1.46. The standard InChI is InChI=1S/C18H22Cl2N2O3/c19-11-7-12(20)17-13(8-11)21-15(18(24)25)9-14(17)22-16(23)6-10-4-2-1-3-5-10/h7-8,10,14-15,21H,1-6,9H2,(H,22,23)(H,24,25)/t14-,15+/m1/s1. The minimum Gasteiger partial charge on any atom is -0.480 e. The molecule has 1 aliphatic carbocycles. The average Bonchev–Trinajstić information content (AvgIpc) is 2.54. The summed E-state index contributed by atoms with van der Waals surface area (Å²) in [5, 5.41) is 16.2. The molecule has 1 aromatic carbocycles. The summed E-state index contributed by atoms with van der Waals surface area (Å²) in [6.45, 7) is 0. The van der Waals surface area contributed by atoms with Gasteiger partial charge < -0.3 is 15.7 Å². The fourth-order valence-corrected chi connectivity index (χ4v) is 4.48. The first-order valence-corrected chi connectivity index (χ1v) is 9.47. The molecule has 25 heavy (non-hydrogen) atoms. The first kappa shape index (κ1) is 18.3. The lowest BCUT2D eigenvalue weighted by Crippen LogP contribution is -2.41. The molecule has 0 radical (unpaired) electrons. The van der Waals surface area contributed by atoms with Crippen molar-refractivity contribution in [3.05, 3.63) is 27.7 Å². The SMILES string of the molecule is O=C(CC1CCCCC1)N[C@@H]1C[C@@H](C(=O)O)Nc2cc(Cl)cc(Cl)c21. The Morgan fingerprint density at radius 3 is 2.60 bits per heavy atom. The first-order chi connectivity index (χ1) is 11.9. The summed E-state index contributed by atoms with van der Waals surface area (Å²) < 4.78 is 0. The van der Waals surface area contributed by atoms with E-state index in [1.54, 1.807) is 12.1 Å². The van der Waals surface area contributed by atoms with Crippen molar-refractivity contribution in [3.8, 4) is 0 Å². The second-order valence-electron chi connectivity index (χ2n) is 6.95. The van der Waals surface area contributed by atoms with Crippen LogP contribution in [0.25, 0.3) is 0 Å². The van der Waals surface area contributed by atoms with Crippen LogP contribution in [-0.2, 0) is 9.59 Å². The Bertz CT molecular complexity index is 675. The van der Waals surface area contributed by atoms with Crippen molar-refractivity contribution in [2.45, 2.75) is 57.0 Å². The summed E-state index contributed by atoms with van der Waals surface area (Å²) in [5.41, 5.74) is 1.28. The van der Waals surface area contributed by atoms with Gasteiger partial charge in [-0.25, -0.2) is 4.79 Å². The van der Waals surface area contributed by atoms with E-state index in [9.17, 15) is 14.7 Å². The van der Waals surface area contributed by atoms with Gasteiger partial charge >= 0.3 is 5.97 Å². The minimum absolute atomic E-state index is 0.0418. The molecule has 7 heteroatoms. The number of rotatable bonds is 4. The summed E-state index contributed by atoms with van der Waals surface area (Å²) in [4.78, 5) is 23.9. The average molecular weight is 385 g/mol. The molecule has 0 bridgehead atoms. The topological polar surface area (TPSA) is 78.4 Å². The Kier molecular flexibility index (Phi) is 5.74. The number of benzene rings is 1. The van der Waals surface area contributed by atoms with E-state index < -0.39 is 18.1 Å². The molecule has 3 N–H and O–H groups in total. The van der Waals surface area contributed by atoms with Crippen molar-refractivity contribution in [2.24, 2.45) is 5.92 Å². The zero-order valence-corrected chi connectivity index (χ0v) is 15.4. The molecule has 0 saturated heterocycles. The molecule has 1 saturated carbocycles. The number of hydrogen-bond donors (Lipinski definition) is 3.